The summed E-state index contributed by atoms with van der Waals surface area (Å²) < 4.78 is 34.3. The number of hydrogen-bond donors (Lipinski definition) is 1. The number of rotatable bonds is 8. The first-order chi connectivity index (χ1) is 16.0. The number of sulfonamides is 1. The maximum Gasteiger partial charge on any atom is 0.243 e. The summed E-state index contributed by atoms with van der Waals surface area (Å²) in [7, 11) is -3.55. The molecule has 1 aromatic heterocycles. The van der Waals surface area contributed by atoms with Gasteiger partial charge in [-0.05, 0) is 49.9 Å². The van der Waals surface area contributed by atoms with Gasteiger partial charge in [0.2, 0.25) is 21.9 Å². The molecule has 1 aliphatic carbocycles. The van der Waals surface area contributed by atoms with Crippen LogP contribution >= 0.6 is 11.8 Å². The Morgan fingerprint density at radius 1 is 1.06 bits per heavy atom. The van der Waals surface area contributed by atoms with Crippen molar-refractivity contribution in [2.75, 3.05) is 55.4 Å². The number of hydrogen-bond acceptors (Lipinski definition) is 8. The molecule has 3 heterocycles. The molecule has 0 unspecified atom stereocenters. The van der Waals surface area contributed by atoms with E-state index in [-0.39, 0.29) is 16.6 Å². The smallest absolute Gasteiger partial charge is 0.243 e. The highest BCUT2D eigenvalue weighted by Gasteiger charge is 2.32. The minimum Gasteiger partial charge on any atom is -0.379 e. The Kier molecular flexibility index (Phi) is 6.59. The fraction of sp³-hybridized carbons (Fsp3) is 0.571. The highest BCUT2D eigenvalue weighted by Crippen LogP contribution is 2.41. The van der Waals surface area contributed by atoms with E-state index in [0.717, 1.165) is 37.0 Å². The van der Waals surface area contributed by atoms with Gasteiger partial charge < -0.3 is 15.0 Å². The Labute approximate surface area is 197 Å². The number of anilines is 2. The van der Waals surface area contributed by atoms with E-state index in [1.165, 1.54) is 41.0 Å². The van der Waals surface area contributed by atoms with Crippen LogP contribution in [0.1, 0.15) is 31.7 Å². The molecule has 33 heavy (non-hydrogen) atoms. The van der Waals surface area contributed by atoms with Crippen LogP contribution in [0.4, 0.5) is 11.6 Å². The molecule has 178 valence electrons. The van der Waals surface area contributed by atoms with E-state index in [1.807, 2.05) is 0 Å². The van der Waals surface area contributed by atoms with Gasteiger partial charge in [-0.15, -0.1) is 10.2 Å². The van der Waals surface area contributed by atoms with Gasteiger partial charge in [-0.3, -0.25) is 9.36 Å². The van der Waals surface area contributed by atoms with Gasteiger partial charge in [0.05, 0.1) is 23.9 Å². The number of carbonyl (C=O) groups excluding carboxylic acids is 1. The highest BCUT2D eigenvalue weighted by atomic mass is 32.2. The van der Waals surface area contributed by atoms with Crippen LogP contribution in [-0.2, 0) is 19.6 Å². The van der Waals surface area contributed by atoms with Crippen LogP contribution in [0, 0.1) is 0 Å². The standard InChI is InChI=1S/C21H28N6O4S2/c28-19(15-32-21-24-23-20(25-9-1-2-10-25)27(21)17-5-6-17)22-16-3-7-18(8-4-16)33(29,30)26-11-13-31-14-12-26/h3-4,7-8,17H,1-2,5-6,9-15H2,(H,22,28). The second kappa shape index (κ2) is 9.61. The van der Waals surface area contributed by atoms with Crippen LogP contribution < -0.4 is 10.2 Å². The fourth-order valence-corrected chi connectivity index (χ4v) is 6.33. The van der Waals surface area contributed by atoms with Gasteiger partial charge in [-0.25, -0.2) is 8.42 Å². The SMILES string of the molecule is O=C(CSc1nnc(N2CCCC2)n1C1CC1)Nc1ccc(S(=O)(=O)N2CCOCC2)cc1. The molecule has 3 aliphatic rings. The number of aromatic nitrogens is 3. The number of thioether (sulfide) groups is 1. The number of nitrogens with zero attached hydrogens (tertiary/aromatic N) is 5. The second-order valence-electron chi connectivity index (χ2n) is 8.46. The molecule has 0 atom stereocenters. The van der Waals surface area contributed by atoms with Crippen molar-refractivity contribution in [3.05, 3.63) is 24.3 Å². The minimum absolute atomic E-state index is 0.170. The first kappa shape index (κ1) is 22.6. The third-order valence-corrected chi connectivity index (χ3v) is 8.88. The van der Waals surface area contributed by atoms with Gasteiger partial charge >= 0.3 is 0 Å². The Balaban J connectivity index is 1.19. The third-order valence-electron chi connectivity index (χ3n) is 6.03. The van der Waals surface area contributed by atoms with Gasteiger partial charge in [-0.2, -0.15) is 4.31 Å². The van der Waals surface area contributed by atoms with Crippen molar-refractivity contribution in [3.63, 3.8) is 0 Å². The second-order valence-corrected chi connectivity index (χ2v) is 11.3. The zero-order chi connectivity index (χ0) is 22.8. The minimum atomic E-state index is -3.55. The molecule has 3 fully saturated rings. The molecular weight excluding hydrogens is 464 g/mol. The van der Waals surface area contributed by atoms with E-state index >= 15 is 0 Å². The van der Waals surface area contributed by atoms with E-state index < -0.39 is 10.0 Å². The van der Waals surface area contributed by atoms with Crippen molar-refractivity contribution in [2.24, 2.45) is 0 Å². The number of morpholine rings is 1. The number of benzene rings is 1. The van der Waals surface area contributed by atoms with Crippen LogP contribution in [-0.4, -0.2) is 78.5 Å². The summed E-state index contributed by atoms with van der Waals surface area (Å²) in [5.41, 5.74) is 0.558. The van der Waals surface area contributed by atoms with Crippen molar-refractivity contribution < 1.29 is 17.9 Å². The zero-order valence-electron chi connectivity index (χ0n) is 18.4. The molecule has 0 radical (unpaired) electrons. The van der Waals surface area contributed by atoms with Crippen molar-refractivity contribution in [2.45, 2.75) is 41.8 Å². The summed E-state index contributed by atoms with van der Waals surface area (Å²) in [5.74, 6) is 0.963. The van der Waals surface area contributed by atoms with E-state index in [9.17, 15) is 13.2 Å². The summed E-state index contributed by atoms with van der Waals surface area (Å²) in [6.07, 6.45) is 4.60. The molecule has 1 saturated carbocycles. The Morgan fingerprint density at radius 2 is 1.76 bits per heavy atom. The molecule has 5 rings (SSSR count). The summed E-state index contributed by atoms with van der Waals surface area (Å²) in [6, 6.07) is 6.73. The first-order valence-electron chi connectivity index (χ1n) is 11.3. The predicted molar refractivity (Wildman–Crippen MR) is 125 cm³/mol. The molecule has 10 nitrogen and oxygen atoms in total. The normalized spacial score (nSPS) is 19.7. The van der Waals surface area contributed by atoms with Crippen LogP contribution in [0.15, 0.2) is 34.3 Å². The van der Waals surface area contributed by atoms with Crippen LogP contribution in [0.2, 0.25) is 0 Å². The van der Waals surface area contributed by atoms with Crippen LogP contribution in [0.5, 0.6) is 0 Å². The lowest BCUT2D eigenvalue weighted by Gasteiger charge is -2.26. The van der Waals surface area contributed by atoms with E-state index in [4.69, 9.17) is 4.74 Å². The lowest BCUT2D eigenvalue weighted by atomic mass is 10.3. The Morgan fingerprint density at radius 3 is 2.42 bits per heavy atom. The van der Waals surface area contributed by atoms with Gasteiger partial charge in [-0.1, -0.05) is 11.8 Å². The average Bonchev–Trinajstić information content (AvgIpc) is 3.34. The van der Waals surface area contributed by atoms with Gasteiger partial charge in [0.1, 0.15) is 0 Å². The van der Waals surface area contributed by atoms with Crippen molar-refractivity contribution in [1.29, 1.82) is 0 Å². The molecule has 1 amide bonds. The van der Waals surface area contributed by atoms with Crippen molar-refractivity contribution in [3.8, 4) is 0 Å². The molecule has 1 aromatic carbocycles. The largest absolute Gasteiger partial charge is 0.379 e. The number of nitrogens with one attached hydrogen (secondary N) is 1. The quantitative estimate of drug-likeness (QED) is 0.557. The molecule has 1 N–H and O–H groups in total. The Bertz CT molecular complexity index is 1090. The monoisotopic (exact) mass is 492 g/mol. The number of ether oxygens (including phenoxy) is 1. The highest BCUT2D eigenvalue weighted by molar-refractivity contribution is 7.99. The third kappa shape index (κ3) is 5.03. The zero-order valence-corrected chi connectivity index (χ0v) is 20.0. The first-order valence-corrected chi connectivity index (χ1v) is 13.8. The van der Waals surface area contributed by atoms with Crippen molar-refractivity contribution in [1.82, 2.24) is 19.1 Å². The predicted octanol–water partition coefficient (Wildman–Crippen LogP) is 1.96. The van der Waals surface area contributed by atoms with E-state index in [1.54, 1.807) is 12.1 Å². The van der Waals surface area contributed by atoms with Gasteiger partial charge in [0, 0.05) is 37.9 Å². The van der Waals surface area contributed by atoms with Crippen LogP contribution in [0.25, 0.3) is 0 Å². The number of carbonyl (C=O) groups is 1. The topological polar surface area (TPSA) is 110 Å². The summed E-state index contributed by atoms with van der Waals surface area (Å²) >= 11 is 1.38. The van der Waals surface area contributed by atoms with Crippen molar-refractivity contribution >= 4 is 39.3 Å². The molecule has 0 spiro atoms. The maximum absolute atomic E-state index is 12.7. The summed E-state index contributed by atoms with van der Waals surface area (Å²) in [6.45, 7) is 3.52. The average molecular weight is 493 g/mol. The maximum atomic E-state index is 12.7. The van der Waals surface area contributed by atoms with Crippen LogP contribution in [0.3, 0.4) is 0 Å². The van der Waals surface area contributed by atoms with Gasteiger partial charge in [0.15, 0.2) is 5.16 Å². The fourth-order valence-electron chi connectivity index (χ4n) is 4.13. The molecular formula is C21H28N6O4S2. The molecule has 2 aliphatic heterocycles. The molecule has 12 heteroatoms. The summed E-state index contributed by atoms with van der Waals surface area (Å²) in [4.78, 5) is 15.0. The lowest BCUT2D eigenvalue weighted by molar-refractivity contribution is -0.113. The van der Waals surface area contributed by atoms with E-state index in [2.05, 4.69) is 25.0 Å². The lowest BCUT2D eigenvalue weighted by Crippen LogP contribution is -2.40. The molecule has 2 saturated heterocycles. The van der Waals surface area contributed by atoms with Gasteiger partial charge in [0.25, 0.3) is 0 Å². The molecule has 2 aromatic rings. The molecule has 0 bridgehead atoms. The Hall–Kier alpha value is -2.15. The van der Waals surface area contributed by atoms with E-state index in [0.29, 0.717) is 38.0 Å². The number of amides is 1. The summed E-state index contributed by atoms with van der Waals surface area (Å²) in [5, 5.41) is 12.4.